The maximum absolute atomic E-state index is 12.2. The van der Waals surface area contributed by atoms with Crippen LogP contribution in [0.1, 0.15) is 24.5 Å². The summed E-state index contributed by atoms with van der Waals surface area (Å²) in [5.41, 5.74) is 2.36. The van der Waals surface area contributed by atoms with Crippen LogP contribution >= 0.6 is 0 Å². The maximum Gasteiger partial charge on any atom is 0.328 e. The zero-order valence-corrected chi connectivity index (χ0v) is 12.1. The minimum absolute atomic E-state index is 0.0567. The Labute approximate surface area is 123 Å². The van der Waals surface area contributed by atoms with Crippen LogP contribution in [0.3, 0.4) is 0 Å². The molecule has 2 rings (SSSR count). The van der Waals surface area contributed by atoms with E-state index in [1.165, 1.54) is 6.08 Å². The van der Waals surface area contributed by atoms with Gasteiger partial charge in [-0.25, -0.2) is 4.79 Å². The molecule has 5 nitrogen and oxygen atoms in total. The van der Waals surface area contributed by atoms with Crippen LogP contribution in [0.15, 0.2) is 24.3 Å². The maximum atomic E-state index is 12.2. The van der Waals surface area contributed by atoms with Gasteiger partial charge in [0.2, 0.25) is 5.91 Å². The molecule has 2 unspecified atom stereocenters. The van der Waals surface area contributed by atoms with E-state index in [9.17, 15) is 9.59 Å². The zero-order valence-electron chi connectivity index (χ0n) is 12.1. The summed E-state index contributed by atoms with van der Waals surface area (Å²) >= 11 is 0. The lowest BCUT2D eigenvalue weighted by atomic mass is 10.0. The van der Waals surface area contributed by atoms with Crippen molar-refractivity contribution in [2.75, 3.05) is 11.9 Å². The Kier molecular flexibility index (Phi) is 4.75. The van der Waals surface area contributed by atoms with Gasteiger partial charge in [-0.3, -0.25) is 4.79 Å². The standard InChI is InChI=1S/C16H19NO4/c1-10-7-12(3-4-15(18)19)9-13(8-10)17-16(20)14-5-6-21-11(14)2/h3-4,7-9,11,14H,5-6H2,1-2H3,(H,17,20)(H,18,19)/b4-3+. The van der Waals surface area contributed by atoms with E-state index in [1.807, 2.05) is 26.0 Å². The van der Waals surface area contributed by atoms with Crippen molar-refractivity contribution in [1.82, 2.24) is 0 Å². The van der Waals surface area contributed by atoms with E-state index in [0.717, 1.165) is 23.6 Å². The predicted octanol–water partition coefficient (Wildman–Crippen LogP) is 2.46. The van der Waals surface area contributed by atoms with Gasteiger partial charge in [0.15, 0.2) is 0 Å². The van der Waals surface area contributed by atoms with Crippen molar-refractivity contribution in [3.63, 3.8) is 0 Å². The summed E-state index contributed by atoms with van der Waals surface area (Å²) in [7, 11) is 0. The molecule has 0 saturated carbocycles. The number of aryl methyl sites for hydroxylation is 1. The fraction of sp³-hybridized carbons (Fsp3) is 0.375. The minimum atomic E-state index is -1.00. The number of carbonyl (C=O) groups is 2. The molecule has 1 aliphatic rings. The highest BCUT2D eigenvalue weighted by molar-refractivity contribution is 5.93. The van der Waals surface area contributed by atoms with Crippen LogP contribution in [0.4, 0.5) is 5.69 Å². The summed E-state index contributed by atoms with van der Waals surface area (Å²) in [5, 5.41) is 11.5. The third kappa shape index (κ3) is 4.16. The minimum Gasteiger partial charge on any atom is -0.478 e. The van der Waals surface area contributed by atoms with E-state index < -0.39 is 5.97 Å². The summed E-state index contributed by atoms with van der Waals surface area (Å²) in [6.45, 7) is 4.41. The van der Waals surface area contributed by atoms with Gasteiger partial charge >= 0.3 is 5.97 Å². The van der Waals surface area contributed by atoms with Crippen molar-refractivity contribution >= 4 is 23.6 Å². The van der Waals surface area contributed by atoms with Gasteiger partial charge < -0.3 is 15.2 Å². The highest BCUT2D eigenvalue weighted by Crippen LogP contribution is 2.23. The van der Waals surface area contributed by atoms with E-state index in [2.05, 4.69) is 5.32 Å². The lowest BCUT2D eigenvalue weighted by Gasteiger charge is -2.14. The molecule has 1 aromatic rings. The monoisotopic (exact) mass is 289 g/mol. The van der Waals surface area contributed by atoms with Crippen molar-refractivity contribution in [2.24, 2.45) is 5.92 Å². The van der Waals surface area contributed by atoms with Gasteiger partial charge in [-0.2, -0.15) is 0 Å². The van der Waals surface area contributed by atoms with Crippen molar-refractivity contribution in [1.29, 1.82) is 0 Å². The molecule has 112 valence electrons. The molecule has 21 heavy (non-hydrogen) atoms. The Morgan fingerprint density at radius 3 is 2.76 bits per heavy atom. The second kappa shape index (κ2) is 6.54. The number of hydrogen-bond donors (Lipinski definition) is 2. The number of carboxylic acids is 1. The molecule has 2 atom stereocenters. The molecule has 1 fully saturated rings. The Morgan fingerprint density at radius 2 is 2.14 bits per heavy atom. The number of ether oxygens (including phenoxy) is 1. The molecule has 1 saturated heterocycles. The summed E-state index contributed by atoms with van der Waals surface area (Å²) in [6.07, 6.45) is 3.24. The molecular formula is C16H19NO4. The van der Waals surface area contributed by atoms with Gasteiger partial charge in [0.25, 0.3) is 0 Å². The van der Waals surface area contributed by atoms with Crippen molar-refractivity contribution in [2.45, 2.75) is 26.4 Å². The summed E-state index contributed by atoms with van der Waals surface area (Å²) < 4.78 is 5.40. The number of carbonyl (C=O) groups excluding carboxylic acids is 1. The van der Waals surface area contributed by atoms with Crippen LogP contribution in [0, 0.1) is 12.8 Å². The first-order valence-electron chi connectivity index (χ1n) is 6.91. The average Bonchev–Trinajstić information content (AvgIpc) is 2.82. The highest BCUT2D eigenvalue weighted by Gasteiger charge is 2.30. The van der Waals surface area contributed by atoms with Crippen LogP contribution in [-0.2, 0) is 14.3 Å². The summed E-state index contributed by atoms with van der Waals surface area (Å²) in [6, 6.07) is 5.47. The first-order chi connectivity index (χ1) is 9.95. The largest absolute Gasteiger partial charge is 0.478 e. The van der Waals surface area contributed by atoms with Crippen molar-refractivity contribution in [3.8, 4) is 0 Å². The topological polar surface area (TPSA) is 75.6 Å². The van der Waals surface area contributed by atoms with Gasteiger partial charge in [0, 0.05) is 18.4 Å². The third-order valence-corrected chi connectivity index (χ3v) is 3.50. The second-order valence-electron chi connectivity index (χ2n) is 5.26. The average molecular weight is 289 g/mol. The van der Waals surface area contributed by atoms with E-state index in [0.29, 0.717) is 12.3 Å². The number of amides is 1. The highest BCUT2D eigenvalue weighted by atomic mass is 16.5. The normalized spacial score (nSPS) is 21.6. The van der Waals surface area contributed by atoms with Gasteiger partial charge in [-0.1, -0.05) is 6.07 Å². The molecule has 0 radical (unpaired) electrons. The lowest BCUT2D eigenvalue weighted by molar-refractivity contribution is -0.131. The molecular weight excluding hydrogens is 270 g/mol. The van der Waals surface area contributed by atoms with Crippen molar-refractivity contribution in [3.05, 3.63) is 35.4 Å². The number of anilines is 1. The first-order valence-corrected chi connectivity index (χ1v) is 6.91. The molecule has 0 aliphatic carbocycles. The van der Waals surface area contributed by atoms with E-state index in [1.54, 1.807) is 6.07 Å². The molecule has 2 N–H and O–H groups in total. The molecule has 0 bridgehead atoms. The van der Waals surface area contributed by atoms with Crippen molar-refractivity contribution < 1.29 is 19.4 Å². The van der Waals surface area contributed by atoms with E-state index >= 15 is 0 Å². The zero-order chi connectivity index (χ0) is 15.4. The molecule has 1 aromatic carbocycles. The van der Waals surface area contributed by atoms with Crippen LogP contribution in [0.25, 0.3) is 6.08 Å². The molecule has 0 spiro atoms. The van der Waals surface area contributed by atoms with Crippen LogP contribution in [0.5, 0.6) is 0 Å². The van der Waals surface area contributed by atoms with Crippen LogP contribution in [-0.4, -0.2) is 29.7 Å². The van der Waals surface area contributed by atoms with Gasteiger partial charge in [-0.05, 0) is 49.6 Å². The first kappa shape index (κ1) is 15.3. The number of carboxylic acid groups (broad SMARTS) is 1. The van der Waals surface area contributed by atoms with Crippen LogP contribution in [0.2, 0.25) is 0 Å². The number of hydrogen-bond acceptors (Lipinski definition) is 3. The molecule has 1 heterocycles. The number of aliphatic carboxylic acids is 1. The fourth-order valence-electron chi connectivity index (χ4n) is 2.46. The smallest absolute Gasteiger partial charge is 0.328 e. The SMILES string of the molecule is Cc1cc(/C=C/C(=O)O)cc(NC(=O)C2CCOC2C)c1. The number of benzene rings is 1. The van der Waals surface area contributed by atoms with Gasteiger partial charge in [0.05, 0.1) is 12.0 Å². The van der Waals surface area contributed by atoms with Crippen LogP contribution < -0.4 is 5.32 Å². The third-order valence-electron chi connectivity index (χ3n) is 3.50. The predicted molar refractivity (Wildman–Crippen MR) is 80.0 cm³/mol. The number of nitrogens with one attached hydrogen (secondary N) is 1. The molecule has 0 aromatic heterocycles. The molecule has 1 aliphatic heterocycles. The number of rotatable bonds is 4. The Balaban J connectivity index is 2.12. The Morgan fingerprint density at radius 1 is 1.38 bits per heavy atom. The lowest BCUT2D eigenvalue weighted by Crippen LogP contribution is -2.27. The Hall–Kier alpha value is -2.14. The van der Waals surface area contributed by atoms with Gasteiger partial charge in [0.1, 0.15) is 0 Å². The quantitative estimate of drug-likeness (QED) is 0.835. The van der Waals surface area contributed by atoms with E-state index in [4.69, 9.17) is 9.84 Å². The second-order valence-corrected chi connectivity index (χ2v) is 5.26. The fourth-order valence-corrected chi connectivity index (χ4v) is 2.46. The van der Waals surface area contributed by atoms with Gasteiger partial charge in [-0.15, -0.1) is 0 Å². The summed E-state index contributed by atoms with van der Waals surface area (Å²) in [5.74, 6) is -1.19. The molecule has 5 heteroatoms. The Bertz CT molecular complexity index is 580. The van der Waals surface area contributed by atoms with E-state index in [-0.39, 0.29) is 17.9 Å². The molecule has 1 amide bonds. The summed E-state index contributed by atoms with van der Waals surface area (Å²) in [4.78, 5) is 22.8.